The van der Waals surface area contributed by atoms with Gasteiger partial charge in [-0.25, -0.2) is 4.84 Å². The van der Waals surface area contributed by atoms with Crippen molar-refractivity contribution in [3.05, 3.63) is 12.3 Å². The van der Waals surface area contributed by atoms with Gasteiger partial charge in [0.15, 0.2) is 0 Å². The van der Waals surface area contributed by atoms with Crippen molar-refractivity contribution in [2.75, 3.05) is 14.1 Å². The predicted molar refractivity (Wildman–Crippen MR) is 44.0 cm³/mol. The van der Waals surface area contributed by atoms with Gasteiger partial charge in [-0.15, -0.1) is 0 Å². The summed E-state index contributed by atoms with van der Waals surface area (Å²) in [4.78, 5) is 28.6. The van der Waals surface area contributed by atoms with E-state index in [0.717, 1.165) is 0 Å². The average Bonchev–Trinajstić information content (AvgIpc) is 2.51. The fraction of sp³-hybridized carbons (Fsp3) is 0.429. The van der Waals surface area contributed by atoms with Crippen LogP contribution in [0.25, 0.3) is 0 Å². The third-order valence-electron chi connectivity index (χ3n) is 1.70. The molecule has 2 amide bonds. The summed E-state index contributed by atoms with van der Waals surface area (Å²) >= 11 is 0. The van der Waals surface area contributed by atoms with Crippen LogP contribution >= 0.6 is 0 Å². The van der Waals surface area contributed by atoms with E-state index in [1.165, 1.54) is 31.3 Å². The largest absolute Gasteiger partial charge is 0.366 e. The highest BCUT2D eigenvalue weighted by molar-refractivity contribution is 6.10. The van der Waals surface area contributed by atoms with Gasteiger partial charge >= 0.3 is 0 Å². The van der Waals surface area contributed by atoms with E-state index in [0.29, 0.717) is 0 Å². The molecule has 1 aliphatic rings. The number of carbonyl (C=O) groups is 2. The number of primary amides is 1. The van der Waals surface area contributed by atoms with Crippen molar-refractivity contribution in [2.24, 2.45) is 5.73 Å². The predicted octanol–water partition coefficient (Wildman–Crippen LogP) is -1.65. The topological polar surface area (TPSA) is 84.7 Å². The first kappa shape index (κ1) is 9.53. The molecule has 0 aliphatic carbocycles. The Hall–Kier alpha value is -1.56. The van der Waals surface area contributed by atoms with Crippen molar-refractivity contribution in [3.63, 3.8) is 0 Å². The van der Waals surface area contributed by atoms with Gasteiger partial charge in [-0.2, -0.15) is 0 Å². The number of nitrogens with two attached hydrogens (primary N) is 1. The molecule has 0 radical (unpaired) electrons. The number of amides is 2. The zero-order valence-corrected chi connectivity index (χ0v) is 7.40. The van der Waals surface area contributed by atoms with Gasteiger partial charge in [-0.05, 0) is 6.08 Å². The molecule has 0 spiro atoms. The van der Waals surface area contributed by atoms with Crippen LogP contribution in [0.3, 0.4) is 0 Å². The van der Waals surface area contributed by atoms with E-state index >= 15 is 0 Å². The Bertz CT molecular complexity index is 274. The van der Waals surface area contributed by atoms with Crippen LogP contribution in [0.4, 0.5) is 0 Å². The third-order valence-corrected chi connectivity index (χ3v) is 1.70. The van der Waals surface area contributed by atoms with Crippen LogP contribution in [0, 0.1) is 0 Å². The molecule has 0 aromatic rings. The van der Waals surface area contributed by atoms with E-state index in [1.807, 2.05) is 0 Å². The highest BCUT2D eigenvalue weighted by atomic mass is 16.7. The molecule has 3 N–H and O–H groups in total. The van der Waals surface area contributed by atoms with Crippen molar-refractivity contribution in [2.45, 2.75) is 5.60 Å². The number of carbonyl (C=O) groups excluding carboxylic acids is 2. The van der Waals surface area contributed by atoms with Crippen molar-refractivity contribution < 1.29 is 14.4 Å². The molecular formula is C7H11N3O3. The van der Waals surface area contributed by atoms with Crippen LogP contribution in [0.15, 0.2) is 12.3 Å². The molecule has 72 valence electrons. The van der Waals surface area contributed by atoms with Crippen molar-refractivity contribution in [3.8, 4) is 0 Å². The standard InChI is InChI=1S/C7H11N3O3/c1-10(2)6(12)7(5(8)11)3-4-9-13-7/h3-4,9H,1-2H3,(H2,8,11). The van der Waals surface area contributed by atoms with Crippen molar-refractivity contribution >= 4 is 11.8 Å². The molecule has 1 heterocycles. The zero-order valence-electron chi connectivity index (χ0n) is 7.40. The van der Waals surface area contributed by atoms with Crippen LogP contribution in [-0.4, -0.2) is 36.4 Å². The van der Waals surface area contributed by atoms with Gasteiger partial charge in [0.1, 0.15) is 0 Å². The number of hydroxylamine groups is 1. The Labute approximate surface area is 75.3 Å². The van der Waals surface area contributed by atoms with Crippen molar-refractivity contribution in [1.82, 2.24) is 10.4 Å². The van der Waals surface area contributed by atoms with Crippen molar-refractivity contribution in [1.29, 1.82) is 0 Å². The van der Waals surface area contributed by atoms with Crippen LogP contribution in [0.5, 0.6) is 0 Å². The summed E-state index contributed by atoms with van der Waals surface area (Å²) in [6, 6.07) is 0. The highest BCUT2D eigenvalue weighted by Gasteiger charge is 2.47. The molecule has 0 bridgehead atoms. The third kappa shape index (κ3) is 1.35. The van der Waals surface area contributed by atoms with E-state index in [9.17, 15) is 9.59 Å². The number of likely N-dealkylation sites (N-methyl/N-ethyl adjacent to an activating group) is 1. The molecule has 6 nitrogen and oxygen atoms in total. The normalized spacial score (nSPS) is 25.4. The van der Waals surface area contributed by atoms with E-state index in [-0.39, 0.29) is 0 Å². The maximum atomic E-state index is 11.5. The molecule has 6 heteroatoms. The van der Waals surface area contributed by atoms with Crippen LogP contribution in [-0.2, 0) is 14.4 Å². The zero-order chi connectivity index (χ0) is 10.1. The lowest BCUT2D eigenvalue weighted by Crippen LogP contribution is -2.55. The van der Waals surface area contributed by atoms with Crippen LogP contribution in [0.2, 0.25) is 0 Å². The summed E-state index contributed by atoms with van der Waals surface area (Å²) in [6.45, 7) is 0. The highest BCUT2D eigenvalue weighted by Crippen LogP contribution is 2.18. The summed E-state index contributed by atoms with van der Waals surface area (Å²) in [5.74, 6) is -1.35. The first-order chi connectivity index (χ1) is 6.00. The Kier molecular flexibility index (Phi) is 2.24. The number of hydrogen-bond donors (Lipinski definition) is 2. The second kappa shape index (κ2) is 3.06. The Morgan fingerprint density at radius 3 is 2.46 bits per heavy atom. The lowest BCUT2D eigenvalue weighted by atomic mass is 10.0. The summed E-state index contributed by atoms with van der Waals surface area (Å²) in [6.07, 6.45) is 2.64. The molecule has 0 aromatic carbocycles. The fourth-order valence-corrected chi connectivity index (χ4v) is 0.997. The minimum absolute atomic E-state index is 0.513. The Balaban J connectivity index is 2.99. The van der Waals surface area contributed by atoms with E-state index in [1.54, 1.807) is 0 Å². The quantitative estimate of drug-likeness (QED) is 0.505. The molecule has 1 unspecified atom stereocenters. The first-order valence-electron chi connectivity index (χ1n) is 3.63. The molecule has 0 saturated carbocycles. The van der Waals surface area contributed by atoms with Gasteiger partial charge in [0.2, 0.25) is 0 Å². The lowest BCUT2D eigenvalue weighted by molar-refractivity contribution is -0.161. The second-order valence-corrected chi connectivity index (χ2v) is 2.85. The number of rotatable bonds is 2. The summed E-state index contributed by atoms with van der Waals surface area (Å²) in [5, 5.41) is 0. The summed E-state index contributed by atoms with van der Waals surface area (Å²) in [7, 11) is 3.03. The first-order valence-corrected chi connectivity index (χ1v) is 3.63. The molecule has 0 saturated heterocycles. The van der Waals surface area contributed by atoms with E-state index < -0.39 is 17.4 Å². The smallest absolute Gasteiger partial charge is 0.271 e. The van der Waals surface area contributed by atoms with Crippen LogP contribution in [0.1, 0.15) is 0 Å². The number of nitrogens with zero attached hydrogens (tertiary/aromatic N) is 1. The monoisotopic (exact) mass is 185 g/mol. The number of hydrogen-bond acceptors (Lipinski definition) is 4. The maximum absolute atomic E-state index is 11.5. The van der Waals surface area contributed by atoms with Gasteiger partial charge < -0.3 is 10.6 Å². The van der Waals surface area contributed by atoms with Gasteiger partial charge in [0.05, 0.1) is 0 Å². The van der Waals surface area contributed by atoms with Crippen LogP contribution < -0.4 is 11.2 Å². The maximum Gasteiger partial charge on any atom is 0.271 e. The van der Waals surface area contributed by atoms with E-state index in [2.05, 4.69) is 5.48 Å². The molecule has 13 heavy (non-hydrogen) atoms. The molecule has 1 aliphatic heterocycles. The molecular weight excluding hydrogens is 174 g/mol. The second-order valence-electron chi connectivity index (χ2n) is 2.85. The molecule has 1 atom stereocenters. The minimum Gasteiger partial charge on any atom is -0.366 e. The van der Waals surface area contributed by atoms with Gasteiger partial charge in [0, 0.05) is 20.3 Å². The molecule has 0 fully saturated rings. The number of nitrogens with one attached hydrogen (secondary N) is 1. The summed E-state index contributed by atoms with van der Waals surface area (Å²) < 4.78 is 0. The van der Waals surface area contributed by atoms with Gasteiger partial charge in [-0.1, -0.05) is 0 Å². The SMILES string of the molecule is CN(C)C(=O)C1(C(N)=O)C=CNO1. The Morgan fingerprint density at radius 2 is 2.15 bits per heavy atom. The molecule has 1 rings (SSSR count). The summed E-state index contributed by atoms with van der Waals surface area (Å²) in [5.41, 5.74) is 5.68. The fourth-order valence-electron chi connectivity index (χ4n) is 0.997. The average molecular weight is 185 g/mol. The lowest BCUT2D eigenvalue weighted by Gasteiger charge is -2.24. The Morgan fingerprint density at radius 1 is 1.54 bits per heavy atom. The van der Waals surface area contributed by atoms with Gasteiger partial charge in [-0.3, -0.25) is 15.1 Å². The minimum atomic E-state index is -1.69. The van der Waals surface area contributed by atoms with E-state index in [4.69, 9.17) is 10.6 Å². The molecule has 0 aromatic heterocycles. The van der Waals surface area contributed by atoms with Gasteiger partial charge in [0.25, 0.3) is 17.4 Å².